The second-order valence-electron chi connectivity index (χ2n) is 5.90. The third-order valence-electron chi connectivity index (χ3n) is 3.66. The Kier molecular flexibility index (Phi) is 7.44. The molecule has 0 spiro atoms. The van der Waals surface area contributed by atoms with Gasteiger partial charge in [0.25, 0.3) is 5.56 Å². The van der Waals surface area contributed by atoms with Gasteiger partial charge in [0.05, 0.1) is 19.3 Å². The zero-order valence-corrected chi connectivity index (χ0v) is 17.3. The van der Waals surface area contributed by atoms with Gasteiger partial charge in [-0.2, -0.15) is 8.62 Å². The van der Waals surface area contributed by atoms with E-state index in [1.807, 2.05) is 4.98 Å². The molecular formula is C10H17N2O15P3. The zero-order valence-electron chi connectivity index (χ0n) is 14.6. The average molecular weight is 498 g/mol. The average Bonchev–Trinajstić information content (AvgIpc) is 2.86. The molecule has 7 N–H and O–H groups in total. The Labute approximate surface area is 165 Å². The highest BCUT2D eigenvalue weighted by atomic mass is 31.3. The topological polar surface area (TPSA) is 264 Å². The minimum atomic E-state index is -5.73. The van der Waals surface area contributed by atoms with E-state index in [4.69, 9.17) is 19.4 Å². The highest BCUT2D eigenvalue weighted by molar-refractivity contribution is 7.66. The van der Waals surface area contributed by atoms with E-state index in [9.17, 15) is 38.4 Å². The number of aromatic nitrogens is 2. The maximum Gasteiger partial charge on any atom is 0.490 e. The van der Waals surface area contributed by atoms with Crippen LogP contribution in [0, 0.1) is 0 Å². The smallest absolute Gasteiger partial charge is 0.391 e. The van der Waals surface area contributed by atoms with Crippen molar-refractivity contribution in [2.75, 3.05) is 13.2 Å². The summed E-state index contributed by atoms with van der Waals surface area (Å²) in [5.74, 6) is 0. The van der Waals surface area contributed by atoms with Gasteiger partial charge in [0.1, 0.15) is 6.10 Å². The van der Waals surface area contributed by atoms with Crippen molar-refractivity contribution < 1.29 is 61.4 Å². The summed E-state index contributed by atoms with van der Waals surface area (Å²) in [5, 5.41) is 19.8. The standard InChI is InChI=1S/C10H17N2O15P3/c13-5-10(12-2-1-8(15)11-9(12)16)3-6(14)7(25-10)4-24-29(20,21)27-30(22,23)26-28(17,18)19/h1-2,6-7,13-14H,3-5H2,(H,20,21)(H,22,23)(H,11,15,16)(H2,17,18,19)/t6-,7+,10-/m0/s1. The van der Waals surface area contributed by atoms with Gasteiger partial charge in [0.15, 0.2) is 5.72 Å². The third-order valence-corrected chi connectivity index (χ3v) is 7.46. The molecule has 1 aromatic rings. The fraction of sp³-hybridized carbons (Fsp3) is 0.600. The Morgan fingerprint density at radius 1 is 1.17 bits per heavy atom. The van der Waals surface area contributed by atoms with Crippen molar-refractivity contribution in [1.29, 1.82) is 0 Å². The number of H-pyrrole nitrogens is 1. The van der Waals surface area contributed by atoms with Gasteiger partial charge in [0.2, 0.25) is 0 Å². The van der Waals surface area contributed by atoms with E-state index in [1.165, 1.54) is 0 Å². The van der Waals surface area contributed by atoms with Gasteiger partial charge in [-0.1, -0.05) is 0 Å². The lowest BCUT2D eigenvalue weighted by Gasteiger charge is -2.28. The van der Waals surface area contributed by atoms with Crippen molar-refractivity contribution >= 4 is 23.5 Å². The van der Waals surface area contributed by atoms with Crippen LogP contribution < -0.4 is 11.2 Å². The molecule has 20 heteroatoms. The van der Waals surface area contributed by atoms with Crippen molar-refractivity contribution in [2.45, 2.75) is 24.4 Å². The summed E-state index contributed by atoms with van der Waals surface area (Å²) in [6, 6.07) is 0.938. The van der Waals surface area contributed by atoms with Crippen molar-refractivity contribution in [3.63, 3.8) is 0 Å². The van der Waals surface area contributed by atoms with Crippen LogP contribution >= 0.6 is 23.5 Å². The molecule has 0 aromatic carbocycles. The number of hydrogen-bond acceptors (Lipinski definition) is 11. The molecule has 0 bridgehead atoms. The lowest BCUT2D eigenvalue weighted by molar-refractivity contribution is -0.142. The Bertz CT molecular complexity index is 1030. The van der Waals surface area contributed by atoms with Crippen molar-refractivity contribution in [1.82, 2.24) is 9.55 Å². The molecule has 5 atom stereocenters. The normalized spacial score (nSPS) is 28.7. The molecular weight excluding hydrogens is 481 g/mol. The van der Waals surface area contributed by atoms with Gasteiger partial charge in [-0.25, -0.2) is 18.5 Å². The molecule has 1 aliphatic rings. The van der Waals surface area contributed by atoms with Crippen molar-refractivity contribution in [3.8, 4) is 0 Å². The van der Waals surface area contributed by atoms with Gasteiger partial charge < -0.3 is 34.5 Å². The van der Waals surface area contributed by atoms with E-state index in [1.54, 1.807) is 0 Å². The molecule has 1 aliphatic heterocycles. The quantitative estimate of drug-likeness (QED) is 0.176. The molecule has 0 saturated carbocycles. The van der Waals surface area contributed by atoms with Crippen molar-refractivity contribution in [3.05, 3.63) is 33.1 Å². The SMILES string of the molecule is O=c1ccn([C@@]2(CO)C[C@H](O)[C@@H](COP(=O)(O)OP(=O)(O)OP(=O)(O)O)O2)c(=O)[nH]1. The van der Waals surface area contributed by atoms with Gasteiger partial charge in [-0.15, -0.1) is 0 Å². The first-order chi connectivity index (χ1) is 13.6. The molecule has 2 heterocycles. The molecule has 1 saturated heterocycles. The largest absolute Gasteiger partial charge is 0.490 e. The maximum atomic E-state index is 12.0. The number of hydrogen-bond donors (Lipinski definition) is 7. The Morgan fingerprint density at radius 3 is 2.33 bits per heavy atom. The van der Waals surface area contributed by atoms with Crippen molar-refractivity contribution in [2.24, 2.45) is 0 Å². The molecule has 0 amide bonds. The van der Waals surface area contributed by atoms with Crippen LogP contribution in [0.4, 0.5) is 0 Å². The van der Waals surface area contributed by atoms with Crippen LogP contribution in [0.1, 0.15) is 6.42 Å². The minimum Gasteiger partial charge on any atom is -0.391 e. The van der Waals surface area contributed by atoms with Crippen LogP contribution in [0.5, 0.6) is 0 Å². The lowest BCUT2D eigenvalue weighted by atomic mass is 10.1. The van der Waals surface area contributed by atoms with E-state index < -0.39 is 72.3 Å². The number of nitrogens with zero attached hydrogens (tertiary/aromatic N) is 1. The number of aromatic amines is 1. The third kappa shape index (κ3) is 6.48. The van der Waals surface area contributed by atoms with E-state index in [0.717, 1.165) is 16.8 Å². The number of phosphoric acid groups is 3. The van der Waals surface area contributed by atoms with Crippen LogP contribution in [0.25, 0.3) is 0 Å². The Balaban J connectivity index is 2.11. The highest BCUT2D eigenvalue weighted by Crippen LogP contribution is 2.66. The van der Waals surface area contributed by atoms with Crippen LogP contribution in [0.3, 0.4) is 0 Å². The number of phosphoric ester groups is 1. The van der Waals surface area contributed by atoms with Gasteiger partial charge in [-0.3, -0.25) is 18.9 Å². The second-order valence-corrected chi connectivity index (χ2v) is 10.3. The fourth-order valence-corrected chi connectivity index (χ4v) is 5.58. The molecule has 172 valence electrons. The molecule has 30 heavy (non-hydrogen) atoms. The number of aliphatic hydroxyl groups excluding tert-OH is 2. The predicted octanol–water partition coefficient (Wildman–Crippen LogP) is -2.33. The molecule has 0 aliphatic carbocycles. The summed E-state index contributed by atoms with van der Waals surface area (Å²) in [7, 11) is -16.8. The van der Waals surface area contributed by atoms with Crippen LogP contribution in [-0.2, 0) is 37.3 Å². The number of aliphatic hydroxyl groups is 2. The molecule has 0 radical (unpaired) electrons. The molecule has 17 nitrogen and oxygen atoms in total. The number of nitrogens with one attached hydrogen (secondary N) is 1. The maximum absolute atomic E-state index is 12.0. The molecule has 1 aromatic heterocycles. The van der Waals surface area contributed by atoms with E-state index in [-0.39, 0.29) is 0 Å². The summed E-state index contributed by atoms with van der Waals surface area (Å²) in [4.78, 5) is 60.5. The highest BCUT2D eigenvalue weighted by Gasteiger charge is 2.49. The molecule has 2 rings (SSSR count). The Hall–Kier alpha value is -1.03. The number of rotatable bonds is 9. The number of ether oxygens (including phenoxy) is 1. The summed E-state index contributed by atoms with van der Waals surface area (Å²) in [6.07, 6.45) is -2.43. The van der Waals surface area contributed by atoms with Gasteiger partial charge in [0, 0.05) is 18.7 Å². The van der Waals surface area contributed by atoms with Gasteiger partial charge >= 0.3 is 29.2 Å². The van der Waals surface area contributed by atoms with Crippen LogP contribution in [0.15, 0.2) is 21.9 Å². The second kappa shape index (κ2) is 8.84. The summed E-state index contributed by atoms with van der Waals surface area (Å²) in [6.45, 7) is -1.87. The Morgan fingerprint density at radius 2 is 1.80 bits per heavy atom. The van der Waals surface area contributed by atoms with Gasteiger partial charge in [-0.05, 0) is 0 Å². The molecule has 2 unspecified atom stereocenters. The van der Waals surface area contributed by atoms with E-state index in [0.29, 0.717) is 0 Å². The minimum absolute atomic E-state index is 0.431. The fourth-order valence-electron chi connectivity index (χ4n) is 2.55. The van der Waals surface area contributed by atoms with Crippen LogP contribution in [0.2, 0.25) is 0 Å². The first-order valence-corrected chi connectivity index (χ1v) is 12.2. The summed E-state index contributed by atoms with van der Waals surface area (Å²) >= 11 is 0. The lowest BCUT2D eigenvalue weighted by Crippen LogP contribution is -2.46. The van der Waals surface area contributed by atoms with E-state index in [2.05, 4.69) is 13.1 Å². The predicted molar refractivity (Wildman–Crippen MR) is 91.7 cm³/mol. The molecule has 1 fully saturated rings. The summed E-state index contributed by atoms with van der Waals surface area (Å²) in [5.41, 5.74) is -3.62. The monoisotopic (exact) mass is 498 g/mol. The first-order valence-electron chi connectivity index (χ1n) is 7.66. The zero-order chi connectivity index (χ0) is 23.0. The van der Waals surface area contributed by atoms with E-state index >= 15 is 0 Å². The first kappa shape index (κ1) is 25.2. The summed E-state index contributed by atoms with van der Waals surface area (Å²) < 4.78 is 51.2. The van der Waals surface area contributed by atoms with Crippen LogP contribution in [-0.4, -0.2) is 64.8 Å².